The average Bonchev–Trinajstić information content (AvgIpc) is 2.36. The zero-order chi connectivity index (χ0) is 12.7. The van der Waals surface area contributed by atoms with E-state index < -0.39 is 0 Å². The number of hydrogen-bond acceptors (Lipinski definition) is 4. The van der Waals surface area contributed by atoms with Crippen molar-refractivity contribution in [1.29, 1.82) is 0 Å². The molecule has 0 aliphatic carbocycles. The van der Waals surface area contributed by atoms with E-state index in [-0.39, 0.29) is 18.6 Å². The maximum Gasteiger partial charge on any atom is 0.248 e. The molecular weight excluding hydrogens is 220 g/mol. The quantitative estimate of drug-likeness (QED) is 0.711. The van der Waals surface area contributed by atoms with Gasteiger partial charge < -0.3 is 14.7 Å². The van der Waals surface area contributed by atoms with Crippen LogP contribution in [0.4, 0.5) is 0 Å². The second-order valence-corrected chi connectivity index (χ2v) is 4.38. The average molecular weight is 244 g/mol. The molecule has 5 heteroatoms. The largest absolute Gasteiger partial charge is 0.392 e. The van der Waals surface area contributed by atoms with Crippen LogP contribution in [-0.2, 0) is 9.53 Å². The number of carbonyl (C=O) groups is 1. The molecule has 100 valence electrons. The smallest absolute Gasteiger partial charge is 0.248 e. The zero-order valence-electron chi connectivity index (χ0n) is 10.9. The lowest BCUT2D eigenvalue weighted by atomic mass is 10.2. The minimum absolute atomic E-state index is 0.0718. The van der Waals surface area contributed by atoms with E-state index in [1.54, 1.807) is 0 Å². The molecule has 0 aromatic heterocycles. The molecule has 1 rings (SSSR count). The molecule has 0 saturated carbocycles. The molecule has 0 aromatic carbocycles. The van der Waals surface area contributed by atoms with Gasteiger partial charge in [-0.3, -0.25) is 9.69 Å². The number of carbonyl (C=O) groups excluding carboxylic acids is 1. The van der Waals surface area contributed by atoms with Crippen molar-refractivity contribution >= 4 is 5.91 Å². The Kier molecular flexibility index (Phi) is 6.47. The first-order valence-electron chi connectivity index (χ1n) is 6.43. The maximum absolute atomic E-state index is 11.7. The van der Waals surface area contributed by atoms with Crippen LogP contribution in [0.3, 0.4) is 0 Å². The van der Waals surface area contributed by atoms with Crippen LogP contribution in [0.1, 0.15) is 20.3 Å². The molecule has 1 amide bonds. The first-order chi connectivity index (χ1) is 8.17. The topological polar surface area (TPSA) is 53.0 Å². The Morgan fingerprint density at radius 3 is 2.47 bits per heavy atom. The molecule has 0 bridgehead atoms. The molecule has 0 spiro atoms. The van der Waals surface area contributed by atoms with Crippen LogP contribution in [0.2, 0.25) is 0 Å². The Balaban J connectivity index is 2.23. The molecule has 1 aliphatic rings. The van der Waals surface area contributed by atoms with Crippen LogP contribution in [0.25, 0.3) is 0 Å². The van der Waals surface area contributed by atoms with E-state index in [1.165, 1.54) is 0 Å². The van der Waals surface area contributed by atoms with Crippen LogP contribution < -0.4 is 0 Å². The van der Waals surface area contributed by atoms with Gasteiger partial charge in [0.1, 0.15) is 6.61 Å². The van der Waals surface area contributed by atoms with Crippen molar-refractivity contribution in [2.75, 3.05) is 45.9 Å². The SMILES string of the molecule is CCOCC(=O)N1CCN(CC(O)CC)CC1. The molecule has 1 fully saturated rings. The number of aliphatic hydroxyl groups excluding tert-OH is 1. The van der Waals surface area contributed by atoms with E-state index >= 15 is 0 Å². The van der Waals surface area contributed by atoms with E-state index in [0.717, 1.165) is 32.6 Å². The number of nitrogens with zero attached hydrogens (tertiary/aromatic N) is 2. The minimum Gasteiger partial charge on any atom is -0.392 e. The lowest BCUT2D eigenvalue weighted by Gasteiger charge is -2.35. The van der Waals surface area contributed by atoms with E-state index in [0.29, 0.717) is 13.2 Å². The third-order valence-corrected chi connectivity index (χ3v) is 3.09. The van der Waals surface area contributed by atoms with Crippen LogP contribution in [0, 0.1) is 0 Å². The number of rotatable bonds is 6. The second-order valence-electron chi connectivity index (χ2n) is 4.38. The van der Waals surface area contributed by atoms with Gasteiger partial charge >= 0.3 is 0 Å². The van der Waals surface area contributed by atoms with Gasteiger partial charge in [0.25, 0.3) is 0 Å². The van der Waals surface area contributed by atoms with E-state index in [4.69, 9.17) is 4.74 Å². The summed E-state index contributed by atoms with van der Waals surface area (Å²) in [5.74, 6) is 0.0718. The van der Waals surface area contributed by atoms with Gasteiger partial charge in [-0.2, -0.15) is 0 Å². The molecule has 1 heterocycles. The number of ether oxygens (including phenoxy) is 1. The van der Waals surface area contributed by atoms with Crippen molar-refractivity contribution < 1.29 is 14.6 Å². The van der Waals surface area contributed by atoms with Crippen LogP contribution in [0.15, 0.2) is 0 Å². The fourth-order valence-electron chi connectivity index (χ4n) is 1.89. The summed E-state index contributed by atoms with van der Waals surface area (Å²) in [7, 11) is 0. The second kappa shape index (κ2) is 7.63. The number of aliphatic hydroxyl groups is 1. The lowest BCUT2D eigenvalue weighted by molar-refractivity contribution is -0.137. The van der Waals surface area contributed by atoms with Gasteiger partial charge in [-0.05, 0) is 13.3 Å². The van der Waals surface area contributed by atoms with E-state index in [2.05, 4.69) is 4.90 Å². The predicted molar refractivity (Wildman–Crippen MR) is 65.8 cm³/mol. The number of amides is 1. The molecule has 1 unspecified atom stereocenters. The Bertz CT molecular complexity index is 228. The fraction of sp³-hybridized carbons (Fsp3) is 0.917. The Labute approximate surface area is 103 Å². The van der Waals surface area contributed by atoms with Crippen molar-refractivity contribution in [3.05, 3.63) is 0 Å². The van der Waals surface area contributed by atoms with Crippen molar-refractivity contribution in [2.24, 2.45) is 0 Å². The van der Waals surface area contributed by atoms with Gasteiger partial charge in [0, 0.05) is 39.3 Å². The molecule has 1 atom stereocenters. The normalized spacial score (nSPS) is 19.4. The van der Waals surface area contributed by atoms with Crippen molar-refractivity contribution in [3.8, 4) is 0 Å². The van der Waals surface area contributed by atoms with Gasteiger partial charge in [-0.25, -0.2) is 0 Å². The lowest BCUT2D eigenvalue weighted by Crippen LogP contribution is -2.51. The summed E-state index contributed by atoms with van der Waals surface area (Å²) in [6.07, 6.45) is 0.532. The Hall–Kier alpha value is -0.650. The maximum atomic E-state index is 11.7. The van der Waals surface area contributed by atoms with Crippen LogP contribution >= 0.6 is 0 Å². The fourth-order valence-corrected chi connectivity index (χ4v) is 1.89. The Morgan fingerprint density at radius 2 is 1.94 bits per heavy atom. The summed E-state index contributed by atoms with van der Waals surface area (Å²) in [4.78, 5) is 15.7. The molecule has 5 nitrogen and oxygen atoms in total. The first-order valence-corrected chi connectivity index (χ1v) is 6.43. The van der Waals surface area contributed by atoms with Gasteiger partial charge in [0.15, 0.2) is 0 Å². The monoisotopic (exact) mass is 244 g/mol. The molecule has 0 radical (unpaired) electrons. The standard InChI is InChI=1S/C12H24N2O3/c1-3-11(15)9-13-5-7-14(8-6-13)12(16)10-17-4-2/h11,15H,3-10H2,1-2H3. The third kappa shape index (κ3) is 5.02. The number of hydrogen-bond donors (Lipinski definition) is 1. The summed E-state index contributed by atoms with van der Waals surface area (Å²) >= 11 is 0. The highest BCUT2D eigenvalue weighted by Crippen LogP contribution is 2.04. The number of piperazine rings is 1. The molecule has 0 aromatic rings. The summed E-state index contributed by atoms with van der Waals surface area (Å²) in [5.41, 5.74) is 0. The summed E-state index contributed by atoms with van der Waals surface area (Å²) in [6.45, 7) is 8.50. The number of β-amino-alcohol motifs (C(OH)–C–C–N with tert-alkyl or cyclic N) is 1. The molecule has 1 aliphatic heterocycles. The predicted octanol–water partition coefficient (Wildman–Crippen LogP) is -0.0620. The van der Waals surface area contributed by atoms with Gasteiger partial charge in [0.2, 0.25) is 5.91 Å². The van der Waals surface area contributed by atoms with Crippen molar-refractivity contribution in [1.82, 2.24) is 9.80 Å². The van der Waals surface area contributed by atoms with Crippen molar-refractivity contribution in [2.45, 2.75) is 26.4 Å². The summed E-state index contributed by atoms with van der Waals surface area (Å²) in [5, 5.41) is 9.56. The third-order valence-electron chi connectivity index (χ3n) is 3.09. The molecular formula is C12H24N2O3. The van der Waals surface area contributed by atoms with Gasteiger partial charge in [-0.15, -0.1) is 0 Å². The first kappa shape index (κ1) is 14.4. The molecule has 1 saturated heterocycles. The highest BCUT2D eigenvalue weighted by Gasteiger charge is 2.21. The van der Waals surface area contributed by atoms with Crippen LogP contribution in [-0.4, -0.2) is 72.9 Å². The highest BCUT2D eigenvalue weighted by molar-refractivity contribution is 5.77. The highest BCUT2D eigenvalue weighted by atomic mass is 16.5. The minimum atomic E-state index is -0.249. The summed E-state index contributed by atoms with van der Waals surface area (Å²) < 4.78 is 5.11. The van der Waals surface area contributed by atoms with Crippen molar-refractivity contribution in [3.63, 3.8) is 0 Å². The van der Waals surface area contributed by atoms with E-state index in [1.807, 2.05) is 18.7 Å². The van der Waals surface area contributed by atoms with Crippen LogP contribution in [0.5, 0.6) is 0 Å². The molecule has 1 N–H and O–H groups in total. The Morgan fingerprint density at radius 1 is 1.29 bits per heavy atom. The van der Waals surface area contributed by atoms with Gasteiger partial charge in [-0.1, -0.05) is 6.92 Å². The summed E-state index contributed by atoms with van der Waals surface area (Å²) in [6, 6.07) is 0. The zero-order valence-corrected chi connectivity index (χ0v) is 10.9. The van der Waals surface area contributed by atoms with Gasteiger partial charge in [0.05, 0.1) is 6.10 Å². The van der Waals surface area contributed by atoms with E-state index in [9.17, 15) is 9.90 Å². The molecule has 17 heavy (non-hydrogen) atoms.